The third-order valence-electron chi connectivity index (χ3n) is 5.09. The summed E-state index contributed by atoms with van der Waals surface area (Å²) in [6, 6.07) is 11.3. The maximum atomic E-state index is 12.1. The number of carbonyl (C=O) groups excluding carboxylic acids is 1. The normalized spacial score (nSPS) is 12.2. The second-order valence-electron chi connectivity index (χ2n) is 7.79. The van der Waals surface area contributed by atoms with Crippen molar-refractivity contribution in [3.8, 4) is 17.2 Å². The van der Waals surface area contributed by atoms with Crippen LogP contribution >= 0.6 is 11.6 Å². The van der Waals surface area contributed by atoms with E-state index in [9.17, 15) is 4.79 Å². The van der Waals surface area contributed by atoms with Crippen LogP contribution in [-0.2, 0) is 18.3 Å². The smallest absolute Gasteiger partial charge is 0.229 e. The van der Waals surface area contributed by atoms with E-state index in [4.69, 9.17) is 22.6 Å². The van der Waals surface area contributed by atoms with Crippen LogP contribution in [0.1, 0.15) is 30.4 Å². The summed E-state index contributed by atoms with van der Waals surface area (Å²) in [4.78, 5) is 16.4. The molecule has 0 saturated heterocycles. The average Bonchev–Trinajstić information content (AvgIpc) is 3.28. The average molecular weight is 475 g/mol. The predicted octanol–water partition coefficient (Wildman–Crippen LogP) is 4.80. The van der Waals surface area contributed by atoms with Crippen molar-refractivity contribution in [2.75, 3.05) is 11.9 Å². The fraction of sp³-hybridized carbons (Fsp3) is 0.231. The SMILES string of the molecule is Cn1cc(-c2cnc(NC(=O)CC3=CCCC=C3)c(Cl)c2)cn1.N#Cc1ccc(CCN)cc1. The zero-order valence-electron chi connectivity index (χ0n) is 19.0. The van der Waals surface area contributed by atoms with Gasteiger partial charge in [-0.25, -0.2) is 4.98 Å². The predicted molar refractivity (Wildman–Crippen MR) is 135 cm³/mol. The number of aromatic nitrogens is 3. The van der Waals surface area contributed by atoms with Crippen LogP contribution in [-0.4, -0.2) is 27.2 Å². The number of nitriles is 1. The monoisotopic (exact) mass is 474 g/mol. The van der Waals surface area contributed by atoms with Crippen LogP contribution in [0.4, 0.5) is 5.82 Å². The molecule has 0 unspecified atom stereocenters. The lowest BCUT2D eigenvalue weighted by molar-refractivity contribution is -0.115. The van der Waals surface area contributed by atoms with Gasteiger partial charge in [0.25, 0.3) is 0 Å². The van der Waals surface area contributed by atoms with Gasteiger partial charge in [-0.05, 0) is 55.1 Å². The van der Waals surface area contributed by atoms with E-state index in [1.165, 1.54) is 5.56 Å². The molecule has 8 heteroatoms. The van der Waals surface area contributed by atoms with Crippen molar-refractivity contribution in [2.24, 2.45) is 12.8 Å². The van der Waals surface area contributed by atoms with Crippen molar-refractivity contribution in [3.05, 3.63) is 88.9 Å². The zero-order valence-corrected chi connectivity index (χ0v) is 19.8. The Bertz CT molecular complexity index is 1220. The summed E-state index contributed by atoms with van der Waals surface area (Å²) in [6.45, 7) is 0.659. The Hall–Kier alpha value is -3.73. The van der Waals surface area contributed by atoms with E-state index in [2.05, 4.69) is 33.6 Å². The summed E-state index contributed by atoms with van der Waals surface area (Å²) < 4.78 is 1.71. The first-order chi connectivity index (χ1) is 16.5. The molecular formula is C26H27ClN6O. The number of aryl methyl sites for hydroxylation is 1. The summed E-state index contributed by atoms with van der Waals surface area (Å²) in [5, 5.41) is 15.8. The molecular weight excluding hydrogens is 448 g/mol. The lowest BCUT2D eigenvalue weighted by Crippen LogP contribution is -2.13. The molecule has 7 nitrogen and oxygen atoms in total. The van der Waals surface area contributed by atoms with Crippen LogP contribution in [0, 0.1) is 11.3 Å². The highest BCUT2D eigenvalue weighted by Gasteiger charge is 2.11. The Morgan fingerprint density at radius 2 is 2.03 bits per heavy atom. The minimum Gasteiger partial charge on any atom is -0.330 e. The van der Waals surface area contributed by atoms with E-state index >= 15 is 0 Å². The summed E-state index contributed by atoms with van der Waals surface area (Å²) in [5.41, 5.74) is 10.1. The van der Waals surface area contributed by atoms with Gasteiger partial charge >= 0.3 is 0 Å². The number of hydrogen-bond acceptors (Lipinski definition) is 5. The number of allylic oxidation sites excluding steroid dienone is 3. The number of hydrogen-bond donors (Lipinski definition) is 2. The fourth-order valence-corrected chi connectivity index (χ4v) is 3.54. The number of halogens is 1. The van der Waals surface area contributed by atoms with Crippen LogP contribution in [0.3, 0.4) is 0 Å². The highest BCUT2D eigenvalue weighted by molar-refractivity contribution is 6.33. The molecule has 3 aromatic rings. The van der Waals surface area contributed by atoms with Crippen molar-refractivity contribution >= 4 is 23.3 Å². The Balaban J connectivity index is 0.000000248. The largest absolute Gasteiger partial charge is 0.330 e. The second kappa shape index (κ2) is 12.5. The fourth-order valence-electron chi connectivity index (χ4n) is 3.33. The van der Waals surface area contributed by atoms with Crippen LogP contribution in [0.2, 0.25) is 5.02 Å². The Kier molecular flexibility index (Phi) is 9.15. The van der Waals surface area contributed by atoms with Crippen molar-refractivity contribution in [2.45, 2.75) is 25.7 Å². The van der Waals surface area contributed by atoms with Gasteiger partial charge in [-0.1, -0.05) is 42.0 Å². The molecule has 2 aromatic heterocycles. The first kappa shape index (κ1) is 24.9. The maximum absolute atomic E-state index is 12.1. The van der Waals surface area contributed by atoms with Crippen LogP contribution in [0.15, 0.2) is 72.7 Å². The second-order valence-corrected chi connectivity index (χ2v) is 8.20. The van der Waals surface area contributed by atoms with Crippen LogP contribution < -0.4 is 11.1 Å². The Morgan fingerprint density at radius 3 is 2.62 bits per heavy atom. The standard InChI is InChI=1S/C17H17ClN4O.C9H10N2/c1-22-11-14(10-20-22)13-8-15(18)17(19-9-13)21-16(23)7-12-5-3-2-4-6-12;10-6-5-8-1-3-9(7-11)4-2-8/h3,5-6,8-11H,2,4,7H2,1H3,(H,19,21,23);1-4H,5-6,10H2. The number of amides is 1. The molecule has 0 atom stereocenters. The van der Waals surface area contributed by atoms with Crippen LogP contribution in [0.5, 0.6) is 0 Å². The van der Waals surface area contributed by atoms with Gasteiger partial charge in [-0.15, -0.1) is 0 Å². The minimum atomic E-state index is -0.119. The van der Waals surface area contributed by atoms with Crippen molar-refractivity contribution in [1.82, 2.24) is 14.8 Å². The molecule has 0 saturated carbocycles. The molecule has 174 valence electrons. The van der Waals surface area contributed by atoms with Gasteiger partial charge in [0, 0.05) is 30.6 Å². The third-order valence-corrected chi connectivity index (χ3v) is 5.38. The number of nitrogens with one attached hydrogen (secondary N) is 1. The van der Waals surface area contributed by atoms with Gasteiger partial charge in [0.2, 0.25) is 5.91 Å². The van der Waals surface area contributed by atoms with E-state index < -0.39 is 0 Å². The molecule has 0 radical (unpaired) electrons. The molecule has 1 aliphatic carbocycles. The highest BCUT2D eigenvalue weighted by atomic mass is 35.5. The van der Waals surface area contributed by atoms with Gasteiger partial charge in [0.05, 0.1) is 29.3 Å². The number of carbonyl (C=O) groups is 1. The van der Waals surface area contributed by atoms with E-state index in [1.807, 2.05) is 43.6 Å². The Labute approximate surface area is 204 Å². The van der Waals surface area contributed by atoms with Crippen molar-refractivity contribution < 1.29 is 4.79 Å². The number of pyridine rings is 1. The molecule has 0 spiro atoms. The van der Waals surface area contributed by atoms with E-state index in [0.717, 1.165) is 36.0 Å². The van der Waals surface area contributed by atoms with Crippen LogP contribution in [0.25, 0.3) is 11.1 Å². The number of anilines is 1. The molecule has 0 bridgehead atoms. The maximum Gasteiger partial charge on any atom is 0.229 e. The Morgan fingerprint density at radius 1 is 1.24 bits per heavy atom. The summed E-state index contributed by atoms with van der Waals surface area (Å²) in [6.07, 6.45) is 14.7. The number of nitrogens with two attached hydrogens (primary N) is 1. The molecule has 0 fully saturated rings. The van der Waals surface area contributed by atoms with E-state index in [1.54, 1.807) is 23.1 Å². The van der Waals surface area contributed by atoms with E-state index in [-0.39, 0.29) is 5.91 Å². The lowest BCUT2D eigenvalue weighted by Gasteiger charge is -2.09. The third kappa shape index (κ3) is 7.41. The summed E-state index contributed by atoms with van der Waals surface area (Å²) in [5.74, 6) is 0.260. The van der Waals surface area contributed by atoms with Gasteiger partial charge in [-0.3, -0.25) is 9.48 Å². The van der Waals surface area contributed by atoms with Gasteiger partial charge in [-0.2, -0.15) is 10.4 Å². The van der Waals surface area contributed by atoms with Gasteiger partial charge in [0.15, 0.2) is 5.82 Å². The molecule has 3 N–H and O–H groups in total. The van der Waals surface area contributed by atoms with Gasteiger partial charge < -0.3 is 11.1 Å². The first-order valence-corrected chi connectivity index (χ1v) is 11.4. The zero-order chi connectivity index (χ0) is 24.3. The number of benzene rings is 1. The topological polar surface area (TPSA) is 110 Å². The minimum absolute atomic E-state index is 0.119. The van der Waals surface area contributed by atoms with Gasteiger partial charge in [0.1, 0.15) is 0 Å². The van der Waals surface area contributed by atoms with E-state index in [0.29, 0.717) is 29.4 Å². The molecule has 1 aliphatic rings. The summed E-state index contributed by atoms with van der Waals surface area (Å²) in [7, 11) is 1.85. The highest BCUT2D eigenvalue weighted by Crippen LogP contribution is 2.26. The molecule has 4 rings (SSSR count). The summed E-state index contributed by atoms with van der Waals surface area (Å²) >= 11 is 6.24. The molecule has 34 heavy (non-hydrogen) atoms. The number of rotatable bonds is 6. The molecule has 1 aromatic carbocycles. The van der Waals surface area contributed by atoms with Crippen molar-refractivity contribution in [1.29, 1.82) is 5.26 Å². The number of nitrogens with zero attached hydrogens (tertiary/aromatic N) is 4. The molecule has 0 aliphatic heterocycles. The first-order valence-electron chi connectivity index (χ1n) is 11.0. The molecule has 1 amide bonds. The van der Waals surface area contributed by atoms with Crippen molar-refractivity contribution in [3.63, 3.8) is 0 Å². The lowest BCUT2D eigenvalue weighted by atomic mass is 10.0. The quantitative estimate of drug-likeness (QED) is 0.533. The molecule has 2 heterocycles.